The molecule has 1 saturated heterocycles. The van der Waals surface area contributed by atoms with Gasteiger partial charge in [0.05, 0.1) is 20.3 Å². The minimum absolute atomic E-state index is 0.178. The van der Waals surface area contributed by atoms with Gasteiger partial charge in [-0.25, -0.2) is 0 Å². The highest BCUT2D eigenvalue weighted by Crippen LogP contribution is 2.40. The Labute approximate surface area is 94.5 Å². The van der Waals surface area contributed by atoms with Crippen LogP contribution in [0.1, 0.15) is 5.56 Å². The Balaban J connectivity index is 2.02. The van der Waals surface area contributed by atoms with Crippen molar-refractivity contribution in [2.75, 3.05) is 33.5 Å². The first-order valence-corrected chi connectivity index (χ1v) is 5.48. The second-order valence-electron chi connectivity index (χ2n) is 4.21. The molecule has 1 fully saturated rings. The molecule has 1 atom stereocenters. The lowest BCUT2D eigenvalue weighted by molar-refractivity contribution is 0.0159. The summed E-state index contributed by atoms with van der Waals surface area (Å²) in [6, 6.07) is 5.91. The summed E-state index contributed by atoms with van der Waals surface area (Å²) < 4.78 is 16.5. The summed E-state index contributed by atoms with van der Waals surface area (Å²) in [5.74, 6) is 1.79. The Morgan fingerprint density at radius 3 is 3.06 bits per heavy atom. The maximum absolute atomic E-state index is 5.69. The number of methoxy groups -OCH3 is 1. The molecule has 0 saturated carbocycles. The van der Waals surface area contributed by atoms with Crippen molar-refractivity contribution in [3.8, 4) is 11.5 Å². The van der Waals surface area contributed by atoms with Gasteiger partial charge >= 0.3 is 0 Å². The second-order valence-corrected chi connectivity index (χ2v) is 4.21. The first-order valence-electron chi connectivity index (χ1n) is 5.48. The molecule has 4 nitrogen and oxygen atoms in total. The van der Waals surface area contributed by atoms with Crippen LogP contribution in [0, 0.1) is 0 Å². The quantitative estimate of drug-likeness (QED) is 0.765. The normalized spacial score (nSPS) is 27.6. The van der Waals surface area contributed by atoms with E-state index in [0.29, 0.717) is 13.2 Å². The summed E-state index contributed by atoms with van der Waals surface area (Å²) in [6.45, 7) is 2.92. The van der Waals surface area contributed by atoms with Crippen LogP contribution < -0.4 is 14.8 Å². The third-order valence-corrected chi connectivity index (χ3v) is 3.23. The molecule has 0 aliphatic carbocycles. The van der Waals surface area contributed by atoms with Crippen molar-refractivity contribution < 1.29 is 14.2 Å². The molecule has 2 aliphatic heterocycles. The maximum atomic E-state index is 5.69. The molecule has 1 spiro atoms. The van der Waals surface area contributed by atoms with Crippen LogP contribution in [0.2, 0.25) is 0 Å². The van der Waals surface area contributed by atoms with Crippen molar-refractivity contribution in [3.05, 3.63) is 23.8 Å². The predicted octanol–water partition coefficient (Wildman–Crippen LogP) is 0.903. The molecule has 1 aromatic carbocycles. The van der Waals surface area contributed by atoms with E-state index in [4.69, 9.17) is 14.2 Å². The largest absolute Gasteiger partial charge is 0.497 e. The van der Waals surface area contributed by atoms with Crippen molar-refractivity contribution in [3.63, 3.8) is 0 Å². The fourth-order valence-corrected chi connectivity index (χ4v) is 2.34. The molecule has 16 heavy (non-hydrogen) atoms. The van der Waals surface area contributed by atoms with Crippen molar-refractivity contribution in [2.24, 2.45) is 0 Å². The van der Waals surface area contributed by atoms with E-state index < -0.39 is 0 Å². The zero-order valence-corrected chi connectivity index (χ0v) is 9.29. The van der Waals surface area contributed by atoms with Crippen LogP contribution >= 0.6 is 0 Å². The summed E-state index contributed by atoms with van der Waals surface area (Å²) in [5.41, 5.74) is 0.967. The van der Waals surface area contributed by atoms with Crippen LogP contribution in [-0.2, 0) is 10.3 Å². The molecular formula is C12H15NO3. The molecule has 0 bridgehead atoms. The van der Waals surface area contributed by atoms with Crippen molar-refractivity contribution in [1.82, 2.24) is 5.32 Å². The van der Waals surface area contributed by atoms with Crippen LogP contribution in [0.5, 0.6) is 11.5 Å². The third-order valence-electron chi connectivity index (χ3n) is 3.23. The monoisotopic (exact) mass is 221 g/mol. The topological polar surface area (TPSA) is 39.7 Å². The second kappa shape index (κ2) is 3.64. The van der Waals surface area contributed by atoms with Gasteiger partial charge in [0.2, 0.25) is 0 Å². The minimum Gasteiger partial charge on any atom is -0.497 e. The molecule has 0 radical (unpaired) electrons. The van der Waals surface area contributed by atoms with Crippen LogP contribution in [0.3, 0.4) is 0 Å². The highest BCUT2D eigenvalue weighted by Gasteiger charge is 2.42. The summed E-state index contributed by atoms with van der Waals surface area (Å²) in [7, 11) is 1.68. The van der Waals surface area contributed by atoms with E-state index in [-0.39, 0.29) is 5.54 Å². The van der Waals surface area contributed by atoms with E-state index in [1.54, 1.807) is 7.11 Å². The van der Waals surface area contributed by atoms with Gasteiger partial charge in [-0.3, -0.25) is 0 Å². The summed E-state index contributed by atoms with van der Waals surface area (Å²) >= 11 is 0. The number of fused-ring (bicyclic) bond motifs is 2. The summed E-state index contributed by atoms with van der Waals surface area (Å²) in [4.78, 5) is 0. The maximum Gasteiger partial charge on any atom is 0.124 e. The van der Waals surface area contributed by atoms with E-state index in [1.165, 1.54) is 0 Å². The van der Waals surface area contributed by atoms with Gasteiger partial charge in [0.25, 0.3) is 0 Å². The smallest absolute Gasteiger partial charge is 0.124 e. The Morgan fingerprint density at radius 1 is 1.38 bits per heavy atom. The zero-order chi connectivity index (χ0) is 11.0. The number of ether oxygens (including phenoxy) is 3. The fraction of sp³-hybridized carbons (Fsp3) is 0.500. The Kier molecular flexibility index (Phi) is 2.26. The molecule has 3 rings (SSSR count). The molecule has 0 amide bonds. The van der Waals surface area contributed by atoms with Crippen LogP contribution in [0.4, 0.5) is 0 Å². The van der Waals surface area contributed by atoms with E-state index >= 15 is 0 Å². The van der Waals surface area contributed by atoms with Gasteiger partial charge in [-0.1, -0.05) is 0 Å². The Hall–Kier alpha value is -1.26. The molecular weight excluding hydrogens is 206 g/mol. The number of nitrogens with one attached hydrogen (secondary N) is 1. The molecule has 86 valence electrons. The average Bonchev–Trinajstić information content (AvgIpc) is 2.69. The molecule has 0 aromatic heterocycles. The van der Waals surface area contributed by atoms with Crippen molar-refractivity contribution in [1.29, 1.82) is 0 Å². The van der Waals surface area contributed by atoms with Gasteiger partial charge < -0.3 is 19.5 Å². The highest BCUT2D eigenvalue weighted by molar-refractivity contribution is 5.48. The standard InChI is InChI=1S/C12H15NO3/c1-14-9-2-3-11-10(6-9)12(8-16-11)7-15-5-4-13-12/h2-3,6,13H,4-5,7-8H2,1H3/t12-/m1/s1. The van der Waals surface area contributed by atoms with Gasteiger partial charge in [-0.05, 0) is 18.2 Å². The minimum atomic E-state index is -0.178. The van der Waals surface area contributed by atoms with Crippen LogP contribution in [-0.4, -0.2) is 33.5 Å². The summed E-state index contributed by atoms with van der Waals surface area (Å²) in [5, 5.41) is 3.50. The Morgan fingerprint density at radius 2 is 2.31 bits per heavy atom. The van der Waals surface area contributed by atoms with Gasteiger partial charge in [0.1, 0.15) is 23.6 Å². The fourth-order valence-electron chi connectivity index (χ4n) is 2.34. The molecule has 4 heteroatoms. The first kappa shape index (κ1) is 9.93. The van der Waals surface area contributed by atoms with Crippen LogP contribution in [0.15, 0.2) is 18.2 Å². The van der Waals surface area contributed by atoms with E-state index in [9.17, 15) is 0 Å². The van der Waals surface area contributed by atoms with Gasteiger partial charge in [-0.15, -0.1) is 0 Å². The molecule has 0 unspecified atom stereocenters. The third kappa shape index (κ3) is 1.37. The number of hydrogen-bond acceptors (Lipinski definition) is 4. The predicted molar refractivity (Wildman–Crippen MR) is 59.0 cm³/mol. The van der Waals surface area contributed by atoms with Gasteiger partial charge in [-0.2, -0.15) is 0 Å². The molecule has 1 aromatic rings. The zero-order valence-electron chi connectivity index (χ0n) is 9.29. The SMILES string of the molecule is COc1ccc2c(c1)[C@@]1(COCCN1)CO2. The van der Waals surface area contributed by atoms with Crippen molar-refractivity contribution >= 4 is 0 Å². The van der Waals surface area contributed by atoms with Crippen molar-refractivity contribution in [2.45, 2.75) is 5.54 Å². The summed E-state index contributed by atoms with van der Waals surface area (Å²) in [6.07, 6.45) is 0. The molecule has 2 heterocycles. The average molecular weight is 221 g/mol. The van der Waals surface area contributed by atoms with Gasteiger partial charge in [0.15, 0.2) is 0 Å². The number of hydrogen-bond donors (Lipinski definition) is 1. The lowest BCUT2D eigenvalue weighted by Crippen LogP contribution is -2.52. The number of rotatable bonds is 1. The number of morpholine rings is 1. The molecule has 1 N–H and O–H groups in total. The first-order chi connectivity index (χ1) is 7.84. The lowest BCUT2D eigenvalue weighted by Gasteiger charge is -2.33. The van der Waals surface area contributed by atoms with E-state index in [1.807, 2.05) is 18.2 Å². The Bertz CT molecular complexity index is 394. The molecule has 2 aliphatic rings. The van der Waals surface area contributed by atoms with Gasteiger partial charge in [0, 0.05) is 12.1 Å². The van der Waals surface area contributed by atoms with E-state index in [0.717, 1.165) is 30.2 Å². The lowest BCUT2D eigenvalue weighted by atomic mass is 9.92. The van der Waals surface area contributed by atoms with E-state index in [2.05, 4.69) is 5.32 Å². The highest BCUT2D eigenvalue weighted by atomic mass is 16.5. The number of benzene rings is 1. The van der Waals surface area contributed by atoms with Crippen LogP contribution in [0.25, 0.3) is 0 Å².